The first-order chi connectivity index (χ1) is 14.6. The van der Waals surface area contributed by atoms with E-state index in [1.165, 1.54) is 0 Å². The van der Waals surface area contributed by atoms with Crippen molar-refractivity contribution in [1.29, 1.82) is 5.26 Å². The summed E-state index contributed by atoms with van der Waals surface area (Å²) in [7, 11) is 1.99. The highest BCUT2D eigenvalue weighted by Crippen LogP contribution is 2.25. The fourth-order valence-electron chi connectivity index (χ4n) is 3.75. The fraction of sp³-hybridized carbons (Fsp3) is 0.125. The smallest absolute Gasteiger partial charge is 0.147 e. The van der Waals surface area contributed by atoms with Crippen molar-refractivity contribution in [2.75, 3.05) is 0 Å². The largest absolute Gasteiger partial charge is 0.486 e. The second-order valence-corrected chi connectivity index (χ2v) is 7.17. The number of imidazole rings is 2. The van der Waals surface area contributed by atoms with Crippen molar-refractivity contribution in [3.05, 3.63) is 83.9 Å². The highest BCUT2D eigenvalue weighted by Gasteiger charge is 2.13. The predicted molar refractivity (Wildman–Crippen MR) is 116 cm³/mol. The summed E-state index contributed by atoms with van der Waals surface area (Å²) in [6.07, 6.45) is 0. The van der Waals surface area contributed by atoms with Gasteiger partial charge in [-0.25, -0.2) is 9.97 Å². The lowest BCUT2D eigenvalue weighted by Gasteiger charge is -2.07. The highest BCUT2D eigenvalue weighted by atomic mass is 16.5. The molecule has 0 saturated carbocycles. The summed E-state index contributed by atoms with van der Waals surface area (Å²) >= 11 is 0. The lowest BCUT2D eigenvalue weighted by molar-refractivity contribution is 0.292. The van der Waals surface area contributed by atoms with Crippen LogP contribution >= 0.6 is 0 Å². The van der Waals surface area contributed by atoms with Gasteiger partial charge in [-0.3, -0.25) is 4.57 Å². The van der Waals surface area contributed by atoms with E-state index in [-0.39, 0.29) is 0 Å². The van der Waals surface area contributed by atoms with Crippen LogP contribution in [0.15, 0.2) is 66.7 Å². The van der Waals surface area contributed by atoms with E-state index < -0.39 is 0 Å². The van der Waals surface area contributed by atoms with Crippen molar-refractivity contribution in [2.45, 2.75) is 13.5 Å². The summed E-state index contributed by atoms with van der Waals surface area (Å²) in [5.41, 5.74) is 5.65. The van der Waals surface area contributed by atoms with Gasteiger partial charge in [0.2, 0.25) is 0 Å². The number of nitriles is 1. The Labute approximate surface area is 173 Å². The molecule has 0 fully saturated rings. The van der Waals surface area contributed by atoms with Crippen molar-refractivity contribution in [3.63, 3.8) is 0 Å². The van der Waals surface area contributed by atoms with E-state index in [9.17, 15) is 0 Å². The topological polar surface area (TPSA) is 68.7 Å². The molecule has 0 unspecified atom stereocenters. The molecule has 3 aromatic carbocycles. The van der Waals surface area contributed by atoms with Crippen LogP contribution in [0.4, 0.5) is 0 Å². The van der Waals surface area contributed by atoms with Crippen LogP contribution in [0.1, 0.15) is 17.2 Å². The molecular formula is C24H19N5O. The van der Waals surface area contributed by atoms with Crippen LogP contribution in [-0.2, 0) is 13.7 Å². The molecule has 5 rings (SSSR count). The van der Waals surface area contributed by atoms with Crippen LogP contribution in [0.5, 0.6) is 5.75 Å². The zero-order valence-electron chi connectivity index (χ0n) is 16.7. The maximum atomic E-state index is 8.91. The SMILES string of the molecule is Cc1nc2ccccc2n1-c1ccc2c(c1)nc(COc1ccc(C#N)cc1)n2C. The normalized spacial score (nSPS) is 11.1. The van der Waals surface area contributed by atoms with Crippen molar-refractivity contribution in [1.82, 2.24) is 19.1 Å². The Morgan fingerprint density at radius 3 is 2.53 bits per heavy atom. The van der Waals surface area contributed by atoms with E-state index in [0.717, 1.165) is 39.4 Å². The molecule has 0 N–H and O–H groups in total. The first-order valence-electron chi connectivity index (χ1n) is 9.67. The number of aryl methyl sites for hydroxylation is 2. The molecule has 0 saturated heterocycles. The number of ether oxygens (including phenoxy) is 1. The monoisotopic (exact) mass is 393 g/mol. The lowest BCUT2D eigenvalue weighted by atomic mass is 10.2. The molecule has 0 aliphatic rings. The first kappa shape index (κ1) is 18.0. The highest BCUT2D eigenvalue weighted by molar-refractivity contribution is 5.82. The molecule has 2 aromatic heterocycles. The van der Waals surface area contributed by atoms with Crippen LogP contribution in [0.25, 0.3) is 27.8 Å². The van der Waals surface area contributed by atoms with E-state index in [2.05, 4.69) is 39.9 Å². The van der Waals surface area contributed by atoms with Gasteiger partial charge in [0, 0.05) is 12.7 Å². The zero-order valence-corrected chi connectivity index (χ0v) is 16.7. The molecule has 0 spiro atoms. The van der Waals surface area contributed by atoms with Gasteiger partial charge in [0.1, 0.15) is 24.0 Å². The molecule has 6 heteroatoms. The number of hydrogen-bond acceptors (Lipinski definition) is 4. The summed E-state index contributed by atoms with van der Waals surface area (Å²) < 4.78 is 10.1. The number of benzene rings is 3. The lowest BCUT2D eigenvalue weighted by Crippen LogP contribution is -2.03. The first-order valence-corrected chi connectivity index (χ1v) is 9.67. The summed E-state index contributed by atoms with van der Waals surface area (Å²) in [5.74, 6) is 2.48. The average Bonchev–Trinajstić information content (AvgIpc) is 3.28. The Balaban J connectivity index is 1.48. The van der Waals surface area contributed by atoms with Crippen LogP contribution in [0, 0.1) is 18.3 Å². The van der Waals surface area contributed by atoms with Crippen LogP contribution < -0.4 is 4.74 Å². The summed E-state index contributed by atoms with van der Waals surface area (Å²) in [5, 5.41) is 8.91. The quantitative estimate of drug-likeness (QED) is 0.445. The Hall–Kier alpha value is -4.11. The molecule has 0 aliphatic heterocycles. The molecule has 5 aromatic rings. The van der Waals surface area contributed by atoms with Gasteiger partial charge in [-0.15, -0.1) is 0 Å². The molecule has 0 radical (unpaired) electrons. The Morgan fingerprint density at radius 2 is 1.73 bits per heavy atom. The number of hydrogen-bond donors (Lipinski definition) is 0. The summed E-state index contributed by atoms with van der Waals surface area (Å²) in [4.78, 5) is 9.46. The minimum Gasteiger partial charge on any atom is -0.486 e. The van der Waals surface area contributed by atoms with E-state index >= 15 is 0 Å². The second kappa shape index (κ2) is 7.05. The van der Waals surface area contributed by atoms with Gasteiger partial charge in [0.15, 0.2) is 0 Å². The minimum absolute atomic E-state index is 0.347. The third-order valence-corrected chi connectivity index (χ3v) is 5.30. The maximum Gasteiger partial charge on any atom is 0.147 e. The molecule has 0 aliphatic carbocycles. The van der Waals surface area contributed by atoms with Gasteiger partial charge in [0.05, 0.1) is 33.7 Å². The Kier molecular flexibility index (Phi) is 4.22. The number of para-hydroxylation sites is 2. The van der Waals surface area contributed by atoms with Gasteiger partial charge < -0.3 is 9.30 Å². The van der Waals surface area contributed by atoms with E-state index in [1.807, 2.05) is 36.7 Å². The molecular weight excluding hydrogens is 374 g/mol. The third-order valence-electron chi connectivity index (χ3n) is 5.30. The molecule has 30 heavy (non-hydrogen) atoms. The van der Waals surface area contributed by atoms with Crippen molar-refractivity contribution in [3.8, 4) is 17.5 Å². The molecule has 146 valence electrons. The third kappa shape index (κ3) is 2.97. The molecule has 6 nitrogen and oxygen atoms in total. The van der Waals surface area contributed by atoms with E-state index in [1.54, 1.807) is 24.3 Å². The van der Waals surface area contributed by atoms with E-state index in [4.69, 9.17) is 15.0 Å². The zero-order chi connectivity index (χ0) is 20.7. The average molecular weight is 393 g/mol. The van der Waals surface area contributed by atoms with E-state index in [0.29, 0.717) is 17.9 Å². The molecule has 0 amide bonds. The fourth-order valence-corrected chi connectivity index (χ4v) is 3.75. The summed E-state index contributed by atoms with van der Waals surface area (Å²) in [6, 6.07) is 23.6. The van der Waals surface area contributed by atoms with Gasteiger partial charge >= 0.3 is 0 Å². The van der Waals surface area contributed by atoms with Gasteiger partial charge in [0.25, 0.3) is 0 Å². The van der Waals surface area contributed by atoms with Crippen LogP contribution in [0.2, 0.25) is 0 Å². The molecule has 0 atom stereocenters. The molecule has 0 bridgehead atoms. The van der Waals surface area contributed by atoms with Crippen molar-refractivity contribution < 1.29 is 4.74 Å². The number of rotatable bonds is 4. The number of aromatic nitrogens is 4. The number of nitrogens with zero attached hydrogens (tertiary/aromatic N) is 5. The van der Waals surface area contributed by atoms with Gasteiger partial charge in [-0.05, 0) is 61.5 Å². The summed E-state index contributed by atoms with van der Waals surface area (Å²) in [6.45, 7) is 2.36. The van der Waals surface area contributed by atoms with Crippen LogP contribution in [0.3, 0.4) is 0 Å². The van der Waals surface area contributed by atoms with Gasteiger partial charge in [-0.1, -0.05) is 12.1 Å². The molecule has 2 heterocycles. The van der Waals surface area contributed by atoms with Crippen molar-refractivity contribution in [2.24, 2.45) is 7.05 Å². The maximum absolute atomic E-state index is 8.91. The predicted octanol–water partition coefficient (Wildman–Crippen LogP) is 4.67. The Bertz CT molecular complexity index is 1420. The van der Waals surface area contributed by atoms with Crippen molar-refractivity contribution >= 4 is 22.1 Å². The standard InChI is InChI=1S/C24H19N5O/c1-16-26-20-5-3-4-6-23(20)29(16)18-9-12-22-21(13-18)27-24(28(22)2)15-30-19-10-7-17(14-25)8-11-19/h3-13H,15H2,1-2H3. The minimum atomic E-state index is 0.347. The number of fused-ring (bicyclic) bond motifs is 2. The second-order valence-electron chi connectivity index (χ2n) is 7.17. The van der Waals surface area contributed by atoms with Crippen LogP contribution in [-0.4, -0.2) is 19.1 Å². The van der Waals surface area contributed by atoms with Gasteiger partial charge in [-0.2, -0.15) is 5.26 Å². The Morgan fingerprint density at radius 1 is 0.933 bits per heavy atom.